The van der Waals surface area contributed by atoms with Crippen molar-refractivity contribution in [2.75, 3.05) is 16.8 Å². The first kappa shape index (κ1) is 9.63. The molecule has 0 radical (unpaired) electrons. The van der Waals surface area contributed by atoms with E-state index in [1.54, 1.807) is 6.07 Å². The molecule has 2 heterocycles. The van der Waals surface area contributed by atoms with E-state index in [-0.39, 0.29) is 17.8 Å². The Bertz CT molecular complexity index is 447. The second-order valence-electron chi connectivity index (χ2n) is 4.36. The van der Waals surface area contributed by atoms with Crippen LogP contribution in [0.25, 0.3) is 0 Å². The lowest BCUT2D eigenvalue weighted by Gasteiger charge is -2.41. The number of fused-ring (bicyclic) bond motifs is 3. The van der Waals surface area contributed by atoms with Crippen molar-refractivity contribution in [3.63, 3.8) is 0 Å². The summed E-state index contributed by atoms with van der Waals surface area (Å²) in [6.07, 6.45) is 3.00. The molecule has 0 spiro atoms. The van der Waals surface area contributed by atoms with Gasteiger partial charge in [0.2, 0.25) is 5.91 Å². The van der Waals surface area contributed by atoms with Crippen molar-refractivity contribution in [3.8, 4) is 0 Å². The van der Waals surface area contributed by atoms with Crippen LogP contribution >= 0.6 is 0 Å². The van der Waals surface area contributed by atoms with E-state index in [4.69, 9.17) is 0 Å². The van der Waals surface area contributed by atoms with Crippen molar-refractivity contribution in [3.05, 3.63) is 24.0 Å². The van der Waals surface area contributed by atoms with Crippen molar-refractivity contribution in [2.45, 2.75) is 25.3 Å². The second-order valence-corrected chi connectivity index (χ2v) is 4.36. The highest BCUT2D eigenvalue weighted by Crippen LogP contribution is 2.36. The number of carbonyl (C=O) groups is 1. The van der Waals surface area contributed by atoms with Gasteiger partial charge in [0.1, 0.15) is 11.9 Å². The quantitative estimate of drug-likeness (QED) is 0.726. The van der Waals surface area contributed by atoms with Crippen LogP contribution in [0, 0.1) is 5.82 Å². The Balaban J connectivity index is 2.07. The summed E-state index contributed by atoms with van der Waals surface area (Å²) in [6, 6.07) is 4.41. The number of hydrogen-bond acceptors (Lipinski definition) is 2. The highest BCUT2D eigenvalue weighted by molar-refractivity contribution is 6.03. The van der Waals surface area contributed by atoms with E-state index in [9.17, 15) is 9.18 Å². The number of rotatable bonds is 0. The summed E-state index contributed by atoms with van der Waals surface area (Å²) in [5.41, 5.74) is 1.55. The van der Waals surface area contributed by atoms with E-state index >= 15 is 0 Å². The van der Waals surface area contributed by atoms with E-state index in [0.29, 0.717) is 0 Å². The summed E-state index contributed by atoms with van der Waals surface area (Å²) in [5.74, 6) is -0.210. The molecular formula is C12H13FN2O. The van der Waals surface area contributed by atoms with Crippen LogP contribution in [0.15, 0.2) is 18.2 Å². The fraction of sp³-hybridized carbons (Fsp3) is 0.417. The van der Waals surface area contributed by atoms with Gasteiger partial charge in [-0.05, 0) is 37.5 Å². The van der Waals surface area contributed by atoms with Gasteiger partial charge in [-0.25, -0.2) is 4.39 Å². The lowest BCUT2D eigenvalue weighted by atomic mass is 9.97. The normalized spacial score (nSPS) is 23.4. The number of amides is 1. The Hall–Kier alpha value is -1.58. The number of benzene rings is 1. The topological polar surface area (TPSA) is 32.3 Å². The SMILES string of the molecule is O=C1Nc2ccc(F)cc2N2CCCCC12. The Morgan fingerprint density at radius 1 is 1.38 bits per heavy atom. The van der Waals surface area contributed by atoms with Crippen LogP contribution in [-0.2, 0) is 4.79 Å². The van der Waals surface area contributed by atoms with Gasteiger partial charge < -0.3 is 10.2 Å². The molecule has 3 nitrogen and oxygen atoms in total. The van der Waals surface area contributed by atoms with Crippen LogP contribution in [0.5, 0.6) is 0 Å². The first-order chi connectivity index (χ1) is 7.75. The predicted octanol–water partition coefficient (Wildman–Crippen LogP) is 2.14. The number of hydrogen-bond donors (Lipinski definition) is 1. The van der Waals surface area contributed by atoms with Crippen LogP contribution in [-0.4, -0.2) is 18.5 Å². The van der Waals surface area contributed by atoms with Crippen molar-refractivity contribution >= 4 is 17.3 Å². The van der Waals surface area contributed by atoms with Gasteiger partial charge in [-0.2, -0.15) is 0 Å². The summed E-state index contributed by atoms with van der Waals surface area (Å²) in [6.45, 7) is 0.842. The van der Waals surface area contributed by atoms with E-state index in [1.165, 1.54) is 12.1 Å². The Morgan fingerprint density at radius 2 is 2.25 bits per heavy atom. The van der Waals surface area contributed by atoms with Crippen molar-refractivity contribution in [2.24, 2.45) is 0 Å². The summed E-state index contributed by atoms with van der Waals surface area (Å²) in [5, 5.41) is 2.84. The minimum Gasteiger partial charge on any atom is -0.358 e. The van der Waals surface area contributed by atoms with Gasteiger partial charge in [-0.3, -0.25) is 4.79 Å². The summed E-state index contributed by atoms with van der Waals surface area (Å²) in [7, 11) is 0. The highest BCUT2D eigenvalue weighted by atomic mass is 19.1. The molecule has 1 aromatic carbocycles. The molecule has 0 bridgehead atoms. The van der Waals surface area contributed by atoms with Crippen LogP contribution in [0.2, 0.25) is 0 Å². The highest BCUT2D eigenvalue weighted by Gasteiger charge is 2.34. The maximum atomic E-state index is 13.2. The molecular weight excluding hydrogens is 207 g/mol. The van der Waals surface area contributed by atoms with Crippen molar-refractivity contribution in [1.29, 1.82) is 0 Å². The van der Waals surface area contributed by atoms with Crippen LogP contribution < -0.4 is 10.2 Å². The molecule has 1 saturated heterocycles. The zero-order valence-corrected chi connectivity index (χ0v) is 8.87. The molecule has 1 atom stereocenters. The Morgan fingerprint density at radius 3 is 3.12 bits per heavy atom. The first-order valence-electron chi connectivity index (χ1n) is 5.63. The first-order valence-corrected chi connectivity index (χ1v) is 5.63. The molecule has 3 rings (SSSR count). The fourth-order valence-corrected chi connectivity index (χ4v) is 2.56. The molecule has 2 aliphatic rings. The molecule has 0 aromatic heterocycles. The molecule has 84 valence electrons. The molecule has 1 fully saturated rings. The smallest absolute Gasteiger partial charge is 0.247 e. The lowest BCUT2D eigenvalue weighted by molar-refractivity contribution is -0.118. The molecule has 1 aromatic rings. The Labute approximate surface area is 93.2 Å². The fourth-order valence-electron chi connectivity index (χ4n) is 2.56. The Kier molecular flexibility index (Phi) is 2.09. The van der Waals surface area contributed by atoms with Gasteiger partial charge >= 0.3 is 0 Å². The predicted molar refractivity (Wildman–Crippen MR) is 60.0 cm³/mol. The third-order valence-electron chi connectivity index (χ3n) is 3.33. The summed E-state index contributed by atoms with van der Waals surface area (Å²) >= 11 is 0. The molecule has 1 unspecified atom stereocenters. The largest absolute Gasteiger partial charge is 0.358 e. The van der Waals surface area contributed by atoms with Gasteiger partial charge in [-0.15, -0.1) is 0 Å². The zero-order valence-electron chi connectivity index (χ0n) is 8.87. The summed E-state index contributed by atoms with van der Waals surface area (Å²) in [4.78, 5) is 13.9. The molecule has 0 saturated carbocycles. The van der Waals surface area contributed by atoms with Crippen LogP contribution in [0.4, 0.5) is 15.8 Å². The second kappa shape index (κ2) is 3.47. The molecule has 0 aliphatic carbocycles. The average molecular weight is 220 g/mol. The van der Waals surface area contributed by atoms with Gasteiger partial charge in [0, 0.05) is 6.54 Å². The third kappa shape index (κ3) is 1.37. The van der Waals surface area contributed by atoms with Crippen LogP contribution in [0.1, 0.15) is 19.3 Å². The minimum atomic E-state index is -0.251. The monoisotopic (exact) mass is 220 g/mol. The van der Waals surface area contributed by atoms with Gasteiger partial charge in [0.15, 0.2) is 0 Å². The van der Waals surface area contributed by atoms with E-state index in [2.05, 4.69) is 5.32 Å². The number of carbonyl (C=O) groups excluding carboxylic acids is 1. The molecule has 16 heavy (non-hydrogen) atoms. The lowest BCUT2D eigenvalue weighted by Crippen LogP contribution is -2.50. The number of halogens is 1. The van der Waals surface area contributed by atoms with Gasteiger partial charge in [0.05, 0.1) is 11.4 Å². The van der Waals surface area contributed by atoms with E-state index in [1.807, 2.05) is 4.90 Å². The maximum absolute atomic E-state index is 13.2. The van der Waals surface area contributed by atoms with E-state index in [0.717, 1.165) is 37.2 Å². The van der Waals surface area contributed by atoms with Crippen LogP contribution in [0.3, 0.4) is 0 Å². The average Bonchev–Trinajstić information content (AvgIpc) is 2.31. The third-order valence-corrected chi connectivity index (χ3v) is 3.33. The number of nitrogens with one attached hydrogen (secondary N) is 1. The number of anilines is 2. The summed E-state index contributed by atoms with van der Waals surface area (Å²) < 4.78 is 13.2. The number of nitrogens with zero attached hydrogens (tertiary/aromatic N) is 1. The van der Waals surface area contributed by atoms with E-state index < -0.39 is 0 Å². The molecule has 1 N–H and O–H groups in total. The maximum Gasteiger partial charge on any atom is 0.247 e. The zero-order chi connectivity index (χ0) is 11.1. The number of piperidine rings is 1. The van der Waals surface area contributed by atoms with Gasteiger partial charge in [0.25, 0.3) is 0 Å². The molecule has 4 heteroatoms. The van der Waals surface area contributed by atoms with Crippen molar-refractivity contribution < 1.29 is 9.18 Å². The van der Waals surface area contributed by atoms with Crippen molar-refractivity contribution in [1.82, 2.24) is 0 Å². The van der Waals surface area contributed by atoms with Gasteiger partial charge in [-0.1, -0.05) is 0 Å². The standard InChI is InChI=1S/C12H13FN2O/c13-8-4-5-9-11(7-8)15-6-2-1-3-10(15)12(16)14-9/h4-5,7,10H,1-3,6H2,(H,14,16). The molecule has 2 aliphatic heterocycles. The molecule has 1 amide bonds. The minimum absolute atomic E-state index is 0.0406.